The van der Waals surface area contributed by atoms with Gasteiger partial charge in [0.2, 0.25) is 0 Å². The second-order valence-electron chi connectivity index (χ2n) is 6.56. The van der Waals surface area contributed by atoms with Crippen LogP contribution in [0.25, 0.3) is 17.4 Å². The van der Waals surface area contributed by atoms with Gasteiger partial charge in [0.05, 0.1) is 30.3 Å². The van der Waals surface area contributed by atoms with E-state index in [9.17, 15) is 9.59 Å². The van der Waals surface area contributed by atoms with Crippen LogP contribution in [0.4, 0.5) is 0 Å². The van der Waals surface area contributed by atoms with E-state index in [1.807, 2.05) is 11.1 Å². The van der Waals surface area contributed by atoms with Gasteiger partial charge in [0.25, 0.3) is 5.91 Å². The van der Waals surface area contributed by atoms with Crippen LogP contribution in [-0.4, -0.2) is 59.1 Å². The number of carbonyl (C=O) groups is 2. The second-order valence-corrected chi connectivity index (χ2v) is 8.24. The van der Waals surface area contributed by atoms with Crippen molar-refractivity contribution < 1.29 is 23.5 Å². The van der Waals surface area contributed by atoms with Crippen molar-refractivity contribution in [2.75, 3.05) is 32.9 Å². The molecule has 1 aromatic heterocycles. The lowest BCUT2D eigenvalue weighted by Crippen LogP contribution is -2.50. The Morgan fingerprint density at radius 3 is 2.63 bits per heavy atom. The van der Waals surface area contributed by atoms with Gasteiger partial charge in [0.1, 0.15) is 11.5 Å². The van der Waals surface area contributed by atoms with Crippen LogP contribution < -0.4 is 0 Å². The van der Waals surface area contributed by atoms with Crippen LogP contribution in [0.15, 0.2) is 45.7 Å². The molecule has 2 aromatic rings. The fourth-order valence-corrected chi connectivity index (χ4v) is 4.45. The minimum atomic E-state index is -0.355. The van der Waals surface area contributed by atoms with Gasteiger partial charge >= 0.3 is 5.97 Å². The molecule has 2 aliphatic heterocycles. The molecule has 0 atom stereocenters. The van der Waals surface area contributed by atoms with Crippen LogP contribution in [0.3, 0.4) is 0 Å². The number of morpholine rings is 1. The summed E-state index contributed by atoms with van der Waals surface area (Å²) in [6, 6.07) is 10.6. The number of hydrogen-bond acceptors (Lipinski definition) is 8. The molecule has 0 spiro atoms. The molecule has 0 bridgehead atoms. The molecular formula is C21H20N2O5S2. The Kier molecular flexibility index (Phi) is 6.33. The molecule has 2 fully saturated rings. The highest BCUT2D eigenvalue weighted by molar-refractivity contribution is 8.26. The second kappa shape index (κ2) is 9.13. The van der Waals surface area contributed by atoms with Crippen LogP contribution >= 0.6 is 24.0 Å². The third-order valence-electron chi connectivity index (χ3n) is 4.62. The van der Waals surface area contributed by atoms with Gasteiger partial charge in [-0.15, -0.1) is 0 Å². The van der Waals surface area contributed by atoms with Crippen LogP contribution in [0.5, 0.6) is 0 Å². The van der Waals surface area contributed by atoms with E-state index in [2.05, 4.69) is 0 Å². The van der Waals surface area contributed by atoms with Crippen molar-refractivity contribution in [3.05, 3.63) is 52.6 Å². The molecule has 4 rings (SSSR count). The van der Waals surface area contributed by atoms with Gasteiger partial charge in [-0.3, -0.25) is 4.79 Å². The van der Waals surface area contributed by atoms with Gasteiger partial charge in [-0.25, -0.2) is 14.8 Å². The maximum absolute atomic E-state index is 12.8. The molecule has 0 saturated carbocycles. The van der Waals surface area contributed by atoms with Crippen molar-refractivity contribution in [2.24, 2.45) is 0 Å². The minimum absolute atomic E-state index is 0.149. The molecule has 0 aliphatic carbocycles. The fraction of sp³-hybridized carbons (Fsp3) is 0.286. The summed E-state index contributed by atoms with van der Waals surface area (Å²) in [5, 5.41) is 3.47. The normalized spacial score (nSPS) is 19.0. The molecule has 7 nitrogen and oxygen atoms in total. The van der Waals surface area contributed by atoms with Gasteiger partial charge in [0, 0.05) is 24.7 Å². The van der Waals surface area contributed by atoms with Crippen molar-refractivity contribution >= 4 is 46.3 Å². The third kappa shape index (κ3) is 4.34. The summed E-state index contributed by atoms with van der Waals surface area (Å²) < 4.78 is 16.7. The number of hydrazine groups is 1. The van der Waals surface area contributed by atoms with Crippen LogP contribution in [0, 0.1) is 0 Å². The van der Waals surface area contributed by atoms with Crippen LogP contribution in [0.1, 0.15) is 23.0 Å². The summed E-state index contributed by atoms with van der Waals surface area (Å²) in [6.45, 7) is 4.52. The Labute approximate surface area is 183 Å². The molecule has 0 radical (unpaired) electrons. The number of benzene rings is 1. The smallest absolute Gasteiger partial charge is 0.338 e. The number of thiocarbonyl (C=S) groups is 1. The number of rotatable bonds is 5. The van der Waals surface area contributed by atoms with Crippen LogP contribution in [-0.2, 0) is 14.3 Å². The van der Waals surface area contributed by atoms with Crippen molar-refractivity contribution in [3.63, 3.8) is 0 Å². The summed E-state index contributed by atoms with van der Waals surface area (Å²) >= 11 is 6.66. The Bertz CT molecular complexity index is 993. The molecule has 3 heterocycles. The van der Waals surface area contributed by atoms with Crippen molar-refractivity contribution in [1.29, 1.82) is 0 Å². The lowest BCUT2D eigenvalue weighted by molar-refractivity contribution is -0.138. The molecule has 9 heteroatoms. The van der Waals surface area contributed by atoms with E-state index in [4.69, 9.17) is 26.1 Å². The zero-order valence-corrected chi connectivity index (χ0v) is 18.0. The van der Waals surface area contributed by atoms with Crippen LogP contribution in [0.2, 0.25) is 0 Å². The predicted octanol–water partition coefficient (Wildman–Crippen LogP) is 3.57. The van der Waals surface area contributed by atoms with Gasteiger partial charge in [-0.05, 0) is 31.2 Å². The Hall–Kier alpha value is -2.46. The number of nitrogens with zero attached hydrogens (tertiary/aromatic N) is 2. The van der Waals surface area contributed by atoms with E-state index in [0.717, 1.165) is 5.56 Å². The highest BCUT2D eigenvalue weighted by atomic mass is 32.2. The molecule has 30 heavy (non-hydrogen) atoms. The van der Waals surface area contributed by atoms with Crippen molar-refractivity contribution in [2.45, 2.75) is 6.92 Å². The van der Waals surface area contributed by atoms with Crippen molar-refractivity contribution in [1.82, 2.24) is 10.0 Å². The molecule has 0 unspecified atom stereocenters. The molecule has 1 amide bonds. The zero-order chi connectivity index (χ0) is 21.1. The summed E-state index contributed by atoms with van der Waals surface area (Å²) in [7, 11) is 0. The lowest BCUT2D eigenvalue weighted by atomic mass is 10.1. The topological polar surface area (TPSA) is 72.2 Å². The molecule has 1 aromatic carbocycles. The first-order valence-corrected chi connectivity index (χ1v) is 10.8. The van der Waals surface area contributed by atoms with E-state index >= 15 is 0 Å². The highest BCUT2D eigenvalue weighted by Gasteiger charge is 2.37. The number of carbonyl (C=O) groups excluding carboxylic acids is 2. The molecule has 0 N–H and O–H groups in total. The standard InChI is InChI=1S/C21H20N2O5S2/c1-2-27-20(25)15-5-3-14(4-6-15)17-8-7-16(28-17)13-18-19(24)23(21(29)30-18)22-9-11-26-12-10-22/h3-8,13H,2,9-12H2,1H3. The van der Waals surface area contributed by atoms with E-state index in [1.54, 1.807) is 48.3 Å². The molecule has 2 saturated heterocycles. The number of ether oxygens (including phenoxy) is 2. The predicted molar refractivity (Wildman–Crippen MR) is 118 cm³/mol. The quantitative estimate of drug-likeness (QED) is 0.394. The Morgan fingerprint density at radius 1 is 1.20 bits per heavy atom. The number of esters is 1. The lowest BCUT2D eigenvalue weighted by Gasteiger charge is -2.33. The van der Waals surface area contributed by atoms with E-state index < -0.39 is 0 Å². The van der Waals surface area contributed by atoms with Gasteiger partial charge in [0.15, 0.2) is 4.32 Å². The summed E-state index contributed by atoms with van der Waals surface area (Å²) in [5.74, 6) is 0.692. The summed E-state index contributed by atoms with van der Waals surface area (Å²) in [6.07, 6.45) is 1.70. The number of furan rings is 1. The molecule has 2 aliphatic rings. The fourth-order valence-electron chi connectivity index (χ4n) is 3.16. The Balaban J connectivity index is 1.49. The average Bonchev–Trinajstić information content (AvgIpc) is 3.33. The average molecular weight is 445 g/mol. The maximum atomic E-state index is 12.8. The SMILES string of the molecule is CCOC(=O)c1ccc(-c2ccc(C=C3SC(=S)N(N4CCOCC4)C3=O)o2)cc1. The van der Waals surface area contributed by atoms with Crippen molar-refractivity contribution in [3.8, 4) is 11.3 Å². The number of amides is 1. The van der Waals surface area contributed by atoms with E-state index in [1.165, 1.54) is 11.8 Å². The minimum Gasteiger partial charge on any atom is -0.462 e. The molecular weight excluding hydrogens is 424 g/mol. The number of thioether (sulfide) groups is 1. The Morgan fingerprint density at radius 2 is 1.93 bits per heavy atom. The molecule has 156 valence electrons. The van der Waals surface area contributed by atoms with Gasteiger partial charge in [-0.1, -0.05) is 36.1 Å². The van der Waals surface area contributed by atoms with Gasteiger partial charge < -0.3 is 13.9 Å². The summed E-state index contributed by atoms with van der Waals surface area (Å²) in [4.78, 5) is 25.1. The number of hydrogen-bond donors (Lipinski definition) is 0. The first kappa shape index (κ1) is 20.8. The first-order chi connectivity index (χ1) is 14.6. The monoisotopic (exact) mass is 444 g/mol. The summed E-state index contributed by atoms with van der Waals surface area (Å²) in [5.41, 5.74) is 1.31. The zero-order valence-electron chi connectivity index (χ0n) is 16.3. The third-order valence-corrected chi connectivity index (χ3v) is 5.91. The maximum Gasteiger partial charge on any atom is 0.338 e. The van der Waals surface area contributed by atoms with Gasteiger partial charge in [-0.2, -0.15) is 0 Å². The highest BCUT2D eigenvalue weighted by Crippen LogP contribution is 2.34. The van der Waals surface area contributed by atoms with E-state index in [-0.39, 0.29) is 11.9 Å². The van der Waals surface area contributed by atoms with E-state index in [0.29, 0.717) is 59.2 Å². The largest absolute Gasteiger partial charge is 0.462 e. The first-order valence-electron chi connectivity index (χ1n) is 9.55.